The van der Waals surface area contributed by atoms with Crippen LogP contribution in [0.1, 0.15) is 12.8 Å². The molecule has 0 radical (unpaired) electrons. The Morgan fingerprint density at radius 2 is 2.27 bits per heavy atom. The molecule has 1 aliphatic heterocycles. The molecule has 1 saturated heterocycles. The van der Waals surface area contributed by atoms with Gasteiger partial charge >= 0.3 is 0 Å². The van der Waals surface area contributed by atoms with Crippen molar-refractivity contribution in [1.29, 1.82) is 0 Å². The van der Waals surface area contributed by atoms with Crippen LogP contribution in [0, 0.1) is 5.82 Å². The van der Waals surface area contributed by atoms with E-state index in [0.717, 1.165) is 19.4 Å². The van der Waals surface area contributed by atoms with Crippen molar-refractivity contribution in [3.63, 3.8) is 0 Å². The van der Waals surface area contributed by atoms with Gasteiger partial charge < -0.3 is 25.4 Å². The van der Waals surface area contributed by atoms with Crippen molar-refractivity contribution in [2.24, 2.45) is 4.99 Å². The molecule has 0 aromatic heterocycles. The highest BCUT2D eigenvalue weighted by Crippen LogP contribution is 2.09. The van der Waals surface area contributed by atoms with Gasteiger partial charge in [0, 0.05) is 32.5 Å². The van der Waals surface area contributed by atoms with Crippen molar-refractivity contribution < 1.29 is 18.7 Å². The number of aliphatic imine (C=N–C) groups is 1. The molecule has 1 fully saturated rings. The topological polar surface area (TPSA) is 84.0 Å². The maximum absolute atomic E-state index is 13.1. The number of rotatable bonds is 8. The summed E-state index contributed by atoms with van der Waals surface area (Å²) in [5.74, 6) is -0.147. The van der Waals surface area contributed by atoms with Gasteiger partial charge in [0.1, 0.15) is 5.82 Å². The zero-order valence-corrected chi connectivity index (χ0v) is 17.1. The number of nitrogens with one attached hydrogen (secondary N) is 3. The molecule has 0 aliphatic carbocycles. The summed E-state index contributed by atoms with van der Waals surface area (Å²) in [6, 6.07) is 5.76. The number of carbonyl (C=O) groups excluding carboxylic acids is 1. The third-order valence-corrected chi connectivity index (χ3v) is 3.60. The summed E-state index contributed by atoms with van der Waals surface area (Å²) in [5.41, 5.74) is 0.419. The fraction of sp³-hybridized carbons (Fsp3) is 0.529. The second kappa shape index (κ2) is 12.8. The van der Waals surface area contributed by atoms with Gasteiger partial charge in [0.25, 0.3) is 0 Å². The molecule has 7 nitrogen and oxygen atoms in total. The third-order valence-electron chi connectivity index (χ3n) is 3.60. The number of guanidine groups is 1. The first-order valence-electron chi connectivity index (χ1n) is 8.36. The van der Waals surface area contributed by atoms with E-state index in [0.29, 0.717) is 31.4 Å². The van der Waals surface area contributed by atoms with Crippen LogP contribution >= 0.6 is 24.0 Å². The zero-order valence-electron chi connectivity index (χ0n) is 14.8. The van der Waals surface area contributed by atoms with Gasteiger partial charge in [0.15, 0.2) is 5.96 Å². The van der Waals surface area contributed by atoms with Gasteiger partial charge in [-0.3, -0.25) is 9.79 Å². The lowest BCUT2D eigenvalue weighted by Crippen LogP contribution is -2.41. The van der Waals surface area contributed by atoms with E-state index in [1.165, 1.54) is 12.1 Å². The number of carbonyl (C=O) groups is 1. The Morgan fingerprint density at radius 3 is 2.96 bits per heavy atom. The maximum atomic E-state index is 13.1. The molecule has 1 unspecified atom stereocenters. The van der Waals surface area contributed by atoms with E-state index in [-0.39, 0.29) is 42.5 Å². The molecule has 1 heterocycles. The Hall–Kier alpha value is -1.46. The minimum Gasteiger partial charge on any atom is -0.379 e. The quantitative estimate of drug-likeness (QED) is 0.229. The van der Waals surface area contributed by atoms with E-state index in [1.807, 2.05) is 0 Å². The first-order chi connectivity index (χ1) is 12.2. The highest BCUT2D eigenvalue weighted by Gasteiger charge is 2.15. The molecule has 1 aliphatic rings. The van der Waals surface area contributed by atoms with Gasteiger partial charge in [0.05, 0.1) is 19.3 Å². The van der Waals surface area contributed by atoms with Crippen LogP contribution in [0.4, 0.5) is 10.1 Å². The van der Waals surface area contributed by atoms with Crippen molar-refractivity contribution in [2.45, 2.75) is 18.9 Å². The molecular weight excluding hydrogens is 454 g/mol. The predicted molar refractivity (Wildman–Crippen MR) is 110 cm³/mol. The second-order valence-corrected chi connectivity index (χ2v) is 5.62. The van der Waals surface area contributed by atoms with E-state index in [1.54, 1.807) is 19.2 Å². The molecule has 9 heteroatoms. The van der Waals surface area contributed by atoms with Crippen molar-refractivity contribution in [3.05, 3.63) is 30.1 Å². The molecule has 146 valence electrons. The number of amides is 1. The second-order valence-electron chi connectivity index (χ2n) is 5.62. The summed E-state index contributed by atoms with van der Waals surface area (Å²) in [7, 11) is 1.63. The SMILES string of the molecule is CN=C(NCCCOC1CCOC1)NCC(=O)Nc1cccc(F)c1.I. The van der Waals surface area contributed by atoms with Crippen molar-refractivity contribution in [3.8, 4) is 0 Å². The van der Waals surface area contributed by atoms with Crippen LogP contribution in [0.25, 0.3) is 0 Å². The van der Waals surface area contributed by atoms with Crippen LogP contribution in [0.2, 0.25) is 0 Å². The Labute approximate surface area is 170 Å². The van der Waals surface area contributed by atoms with E-state index in [4.69, 9.17) is 9.47 Å². The van der Waals surface area contributed by atoms with Crippen LogP contribution in [-0.4, -0.2) is 57.9 Å². The highest BCUT2D eigenvalue weighted by atomic mass is 127. The number of hydrogen-bond donors (Lipinski definition) is 3. The fourth-order valence-electron chi connectivity index (χ4n) is 2.33. The third kappa shape index (κ3) is 8.77. The molecule has 1 aromatic carbocycles. The Kier molecular flexibility index (Phi) is 11.1. The van der Waals surface area contributed by atoms with Gasteiger partial charge in [-0.05, 0) is 31.0 Å². The van der Waals surface area contributed by atoms with Crippen molar-refractivity contribution >= 4 is 41.5 Å². The molecule has 0 bridgehead atoms. The predicted octanol–water partition coefficient (Wildman–Crippen LogP) is 1.74. The summed E-state index contributed by atoms with van der Waals surface area (Å²) in [6.07, 6.45) is 1.99. The smallest absolute Gasteiger partial charge is 0.243 e. The lowest BCUT2D eigenvalue weighted by molar-refractivity contribution is -0.115. The first-order valence-corrected chi connectivity index (χ1v) is 8.36. The van der Waals surface area contributed by atoms with Gasteiger partial charge in [-0.2, -0.15) is 0 Å². The summed E-state index contributed by atoms with van der Waals surface area (Å²) in [4.78, 5) is 15.9. The lowest BCUT2D eigenvalue weighted by atomic mass is 10.3. The number of anilines is 1. The maximum Gasteiger partial charge on any atom is 0.243 e. The molecule has 1 aromatic rings. The Bertz CT molecular complexity index is 583. The first kappa shape index (κ1) is 22.6. The van der Waals surface area contributed by atoms with Crippen molar-refractivity contribution in [1.82, 2.24) is 10.6 Å². The molecule has 1 amide bonds. The van der Waals surface area contributed by atoms with Gasteiger partial charge in [-0.15, -0.1) is 24.0 Å². The fourth-order valence-corrected chi connectivity index (χ4v) is 2.33. The standard InChI is InChI=1S/C17H25FN4O3.HI/c1-19-17(20-7-3-8-25-15-6-9-24-12-15)21-11-16(23)22-14-5-2-4-13(18)10-14;/h2,4-5,10,15H,3,6-9,11-12H2,1H3,(H,22,23)(H2,19,20,21);1H. The van der Waals surface area contributed by atoms with Gasteiger partial charge in [0.2, 0.25) is 5.91 Å². The van der Waals surface area contributed by atoms with Crippen LogP contribution in [-0.2, 0) is 14.3 Å². The number of nitrogens with zero attached hydrogens (tertiary/aromatic N) is 1. The van der Waals surface area contributed by atoms with Gasteiger partial charge in [-0.1, -0.05) is 6.07 Å². The number of hydrogen-bond acceptors (Lipinski definition) is 4. The molecule has 2 rings (SSSR count). The minimum absolute atomic E-state index is 0. The number of benzene rings is 1. The van der Waals surface area contributed by atoms with Crippen LogP contribution in [0.5, 0.6) is 0 Å². The largest absolute Gasteiger partial charge is 0.379 e. The zero-order chi connectivity index (χ0) is 17.9. The summed E-state index contributed by atoms with van der Waals surface area (Å²) < 4.78 is 24.0. The molecule has 0 spiro atoms. The van der Waals surface area contributed by atoms with E-state index in [9.17, 15) is 9.18 Å². The minimum atomic E-state index is -0.394. The average Bonchev–Trinajstić information content (AvgIpc) is 3.10. The van der Waals surface area contributed by atoms with Crippen LogP contribution in [0.3, 0.4) is 0 Å². The number of halogens is 2. The Morgan fingerprint density at radius 1 is 1.42 bits per heavy atom. The van der Waals surface area contributed by atoms with E-state index in [2.05, 4.69) is 20.9 Å². The van der Waals surface area contributed by atoms with Crippen LogP contribution in [0.15, 0.2) is 29.3 Å². The Balaban J connectivity index is 0.00000338. The summed E-state index contributed by atoms with van der Waals surface area (Å²) in [5, 5.41) is 8.63. The highest BCUT2D eigenvalue weighted by molar-refractivity contribution is 14.0. The summed E-state index contributed by atoms with van der Waals surface area (Å²) >= 11 is 0. The molecule has 3 N–H and O–H groups in total. The molecular formula is C17H26FIN4O3. The van der Waals surface area contributed by atoms with E-state index < -0.39 is 5.82 Å². The van der Waals surface area contributed by atoms with E-state index >= 15 is 0 Å². The monoisotopic (exact) mass is 480 g/mol. The number of ether oxygens (including phenoxy) is 2. The van der Waals surface area contributed by atoms with Crippen LogP contribution < -0.4 is 16.0 Å². The van der Waals surface area contributed by atoms with Gasteiger partial charge in [-0.25, -0.2) is 4.39 Å². The lowest BCUT2D eigenvalue weighted by Gasteiger charge is -2.13. The normalized spacial score (nSPS) is 16.7. The van der Waals surface area contributed by atoms with Crippen molar-refractivity contribution in [2.75, 3.05) is 45.3 Å². The molecule has 1 atom stereocenters. The summed E-state index contributed by atoms with van der Waals surface area (Å²) in [6.45, 7) is 2.82. The molecule has 0 saturated carbocycles. The molecule has 26 heavy (non-hydrogen) atoms. The average molecular weight is 480 g/mol.